The van der Waals surface area contributed by atoms with Crippen LogP contribution < -0.4 is 5.73 Å². The molecule has 1 aromatic rings. The van der Waals surface area contributed by atoms with Crippen LogP contribution in [0.1, 0.15) is 62.6 Å². The van der Waals surface area contributed by atoms with Crippen LogP contribution in [0.4, 0.5) is 13.2 Å². The highest BCUT2D eigenvalue weighted by atomic mass is 19.4. The first-order chi connectivity index (χ1) is 9.40. The van der Waals surface area contributed by atoms with Crippen LogP contribution in [0.15, 0.2) is 4.52 Å². The van der Waals surface area contributed by atoms with Crippen molar-refractivity contribution in [2.24, 2.45) is 11.7 Å². The minimum Gasteiger partial charge on any atom is -0.339 e. The van der Waals surface area contributed by atoms with Gasteiger partial charge in [-0.3, -0.25) is 0 Å². The molecule has 2 unspecified atom stereocenters. The molecule has 2 N–H and O–H groups in total. The molecule has 2 fully saturated rings. The average Bonchev–Trinajstić information content (AvgIpc) is 2.84. The van der Waals surface area contributed by atoms with Gasteiger partial charge in [0.25, 0.3) is 0 Å². The molecule has 0 aliphatic heterocycles. The molecule has 0 aromatic carbocycles. The van der Waals surface area contributed by atoms with E-state index in [2.05, 4.69) is 10.1 Å². The summed E-state index contributed by atoms with van der Waals surface area (Å²) in [6.07, 6.45) is 0.262. The van der Waals surface area contributed by atoms with Gasteiger partial charge in [-0.05, 0) is 32.1 Å². The van der Waals surface area contributed by atoms with Crippen LogP contribution >= 0.6 is 0 Å². The first-order valence-electron chi connectivity index (χ1n) is 7.10. The molecule has 20 heavy (non-hydrogen) atoms. The van der Waals surface area contributed by atoms with Gasteiger partial charge in [-0.25, -0.2) is 0 Å². The largest absolute Gasteiger partial charge is 0.392 e. The van der Waals surface area contributed by atoms with Gasteiger partial charge in [0.05, 0.1) is 11.5 Å². The third-order valence-corrected chi connectivity index (χ3v) is 4.64. The van der Waals surface area contributed by atoms with Gasteiger partial charge in [-0.2, -0.15) is 18.2 Å². The summed E-state index contributed by atoms with van der Waals surface area (Å²) in [5.41, 5.74) is 5.49. The van der Waals surface area contributed by atoms with Crippen molar-refractivity contribution in [1.82, 2.24) is 10.1 Å². The number of hydrogen-bond acceptors (Lipinski definition) is 4. The highest BCUT2D eigenvalue weighted by Crippen LogP contribution is 2.46. The highest BCUT2D eigenvalue weighted by molar-refractivity contribution is 5.11. The monoisotopic (exact) mass is 289 g/mol. The Bertz CT molecular complexity index is 481. The van der Waals surface area contributed by atoms with E-state index in [1.54, 1.807) is 0 Å². The molecule has 0 spiro atoms. The zero-order valence-corrected chi connectivity index (χ0v) is 11.1. The standard InChI is InChI=1S/C13H18F3N3O/c14-13(15,16)9-5-2-1-4-8(9)10-18-11(19-20-10)12(17)6-3-7-12/h8-9H,1-7,17H2. The van der Waals surface area contributed by atoms with Crippen molar-refractivity contribution in [3.05, 3.63) is 11.7 Å². The van der Waals surface area contributed by atoms with Gasteiger partial charge in [0.1, 0.15) is 0 Å². The molecule has 2 aliphatic rings. The minimum absolute atomic E-state index is 0.110. The molecule has 3 rings (SSSR count). The van der Waals surface area contributed by atoms with Gasteiger partial charge in [0.15, 0.2) is 5.82 Å². The number of hydrogen-bond donors (Lipinski definition) is 1. The second-order valence-corrected chi connectivity index (χ2v) is 6.00. The van der Waals surface area contributed by atoms with Crippen molar-refractivity contribution in [2.45, 2.75) is 62.6 Å². The Morgan fingerprint density at radius 2 is 1.85 bits per heavy atom. The summed E-state index contributed by atoms with van der Waals surface area (Å²) < 4.78 is 44.4. The van der Waals surface area contributed by atoms with E-state index < -0.39 is 23.6 Å². The molecule has 0 amide bonds. The summed E-state index contributed by atoms with van der Waals surface area (Å²) in [5, 5.41) is 3.82. The number of nitrogens with zero attached hydrogens (tertiary/aromatic N) is 2. The quantitative estimate of drug-likeness (QED) is 0.907. The van der Waals surface area contributed by atoms with Crippen LogP contribution in [-0.4, -0.2) is 16.3 Å². The van der Waals surface area contributed by atoms with Crippen molar-refractivity contribution in [2.75, 3.05) is 0 Å². The Kier molecular flexibility index (Phi) is 3.27. The predicted octanol–water partition coefficient (Wildman–Crippen LogP) is 3.24. The minimum atomic E-state index is -4.21. The molecule has 2 saturated carbocycles. The SMILES string of the molecule is NC1(c2noc(C3CCCCC3C(F)(F)F)n2)CCC1. The molecule has 0 bridgehead atoms. The van der Waals surface area contributed by atoms with E-state index in [-0.39, 0.29) is 12.3 Å². The topological polar surface area (TPSA) is 64.9 Å². The Balaban J connectivity index is 1.83. The molecule has 112 valence electrons. The fourth-order valence-corrected chi connectivity index (χ4v) is 3.19. The van der Waals surface area contributed by atoms with E-state index in [0.29, 0.717) is 18.7 Å². The molecule has 2 atom stereocenters. The van der Waals surface area contributed by atoms with Crippen LogP contribution in [0.25, 0.3) is 0 Å². The van der Waals surface area contributed by atoms with Crippen LogP contribution in [0.3, 0.4) is 0 Å². The summed E-state index contributed by atoms with van der Waals surface area (Å²) in [7, 11) is 0. The fraction of sp³-hybridized carbons (Fsp3) is 0.846. The summed E-state index contributed by atoms with van der Waals surface area (Å²) in [5.74, 6) is -1.61. The number of alkyl halides is 3. The van der Waals surface area contributed by atoms with E-state index in [0.717, 1.165) is 25.7 Å². The number of halogens is 3. The highest BCUT2D eigenvalue weighted by Gasteiger charge is 2.48. The lowest BCUT2D eigenvalue weighted by molar-refractivity contribution is -0.189. The van der Waals surface area contributed by atoms with Crippen LogP contribution in [0.2, 0.25) is 0 Å². The van der Waals surface area contributed by atoms with Crippen molar-refractivity contribution < 1.29 is 17.7 Å². The molecule has 7 heteroatoms. The van der Waals surface area contributed by atoms with Crippen LogP contribution in [0, 0.1) is 5.92 Å². The molecule has 1 heterocycles. The average molecular weight is 289 g/mol. The summed E-state index contributed by atoms with van der Waals surface area (Å²) in [6.45, 7) is 0. The number of rotatable bonds is 2. The van der Waals surface area contributed by atoms with Gasteiger partial charge in [0, 0.05) is 5.92 Å². The molecule has 0 saturated heterocycles. The van der Waals surface area contributed by atoms with Crippen molar-refractivity contribution in [3.8, 4) is 0 Å². The molecule has 0 radical (unpaired) electrons. The van der Waals surface area contributed by atoms with Gasteiger partial charge >= 0.3 is 6.18 Å². The third-order valence-electron chi connectivity index (χ3n) is 4.64. The molecular formula is C13H18F3N3O. The van der Waals surface area contributed by atoms with Crippen molar-refractivity contribution >= 4 is 0 Å². The summed E-state index contributed by atoms with van der Waals surface area (Å²) >= 11 is 0. The van der Waals surface area contributed by atoms with E-state index >= 15 is 0 Å². The van der Waals surface area contributed by atoms with E-state index in [1.165, 1.54) is 0 Å². The summed E-state index contributed by atoms with van der Waals surface area (Å²) in [4.78, 5) is 4.19. The maximum absolute atomic E-state index is 13.1. The second kappa shape index (κ2) is 4.72. The Morgan fingerprint density at radius 3 is 2.45 bits per heavy atom. The third kappa shape index (κ3) is 2.32. The Labute approximate surface area is 114 Å². The summed E-state index contributed by atoms with van der Waals surface area (Å²) in [6, 6.07) is 0. The first-order valence-corrected chi connectivity index (χ1v) is 7.10. The lowest BCUT2D eigenvalue weighted by atomic mass is 9.77. The normalized spacial score (nSPS) is 30.0. The van der Waals surface area contributed by atoms with Gasteiger partial charge in [0.2, 0.25) is 5.89 Å². The molecule has 2 aliphatic carbocycles. The second-order valence-electron chi connectivity index (χ2n) is 6.00. The van der Waals surface area contributed by atoms with Crippen molar-refractivity contribution in [3.63, 3.8) is 0 Å². The first kappa shape index (κ1) is 13.9. The maximum Gasteiger partial charge on any atom is 0.392 e. The molecular weight excluding hydrogens is 271 g/mol. The van der Waals surface area contributed by atoms with Gasteiger partial charge in [-0.1, -0.05) is 18.0 Å². The lowest BCUT2D eigenvalue weighted by Gasteiger charge is -2.34. The maximum atomic E-state index is 13.1. The van der Waals surface area contributed by atoms with E-state index in [9.17, 15) is 13.2 Å². The van der Waals surface area contributed by atoms with E-state index in [4.69, 9.17) is 10.3 Å². The lowest BCUT2D eigenvalue weighted by Crippen LogP contribution is -2.44. The zero-order chi connectivity index (χ0) is 14.4. The van der Waals surface area contributed by atoms with Gasteiger partial charge < -0.3 is 10.3 Å². The zero-order valence-electron chi connectivity index (χ0n) is 11.1. The van der Waals surface area contributed by atoms with Crippen LogP contribution in [0.5, 0.6) is 0 Å². The molecule has 4 nitrogen and oxygen atoms in total. The van der Waals surface area contributed by atoms with Crippen molar-refractivity contribution in [1.29, 1.82) is 0 Å². The van der Waals surface area contributed by atoms with Gasteiger partial charge in [-0.15, -0.1) is 0 Å². The Hall–Kier alpha value is -1.11. The smallest absolute Gasteiger partial charge is 0.339 e. The predicted molar refractivity (Wildman–Crippen MR) is 64.8 cm³/mol. The van der Waals surface area contributed by atoms with E-state index in [1.807, 2.05) is 0 Å². The number of nitrogens with two attached hydrogens (primary N) is 1. The van der Waals surface area contributed by atoms with Crippen LogP contribution in [-0.2, 0) is 5.54 Å². The molecule has 1 aromatic heterocycles. The Morgan fingerprint density at radius 1 is 1.15 bits per heavy atom. The number of aromatic nitrogens is 2. The fourth-order valence-electron chi connectivity index (χ4n) is 3.19.